The third-order valence-electron chi connectivity index (χ3n) is 3.34. The fourth-order valence-corrected chi connectivity index (χ4v) is 2.32. The topological polar surface area (TPSA) is 53.1 Å². The Balaban J connectivity index is 2.16. The van der Waals surface area contributed by atoms with Crippen LogP contribution in [0.5, 0.6) is 0 Å². The van der Waals surface area contributed by atoms with Crippen molar-refractivity contribution in [2.24, 2.45) is 0 Å². The molecule has 0 atom stereocenters. The van der Waals surface area contributed by atoms with Crippen molar-refractivity contribution in [3.05, 3.63) is 54.0 Å². The smallest absolute Gasteiger partial charge is 0.145 e. The van der Waals surface area contributed by atoms with Gasteiger partial charge in [-0.25, -0.2) is 9.37 Å². The molecule has 0 radical (unpaired) electrons. The summed E-state index contributed by atoms with van der Waals surface area (Å²) in [6.45, 7) is 0. The predicted octanol–water partition coefficient (Wildman–Crippen LogP) is 3.25. The van der Waals surface area contributed by atoms with Gasteiger partial charge in [-0.15, -0.1) is 0 Å². The van der Waals surface area contributed by atoms with Gasteiger partial charge in [-0.2, -0.15) is 5.26 Å². The van der Waals surface area contributed by atoms with Crippen LogP contribution < -0.4 is 5.32 Å². The molecule has 1 aromatic carbocycles. The number of anilines is 1. The molecule has 0 unspecified atom stereocenters. The molecule has 0 saturated carbocycles. The Morgan fingerprint density at radius 2 is 2.19 bits per heavy atom. The molecule has 3 rings (SSSR count). The van der Waals surface area contributed by atoms with Gasteiger partial charge in [0.15, 0.2) is 0 Å². The number of pyridine rings is 1. The van der Waals surface area contributed by atoms with Crippen molar-refractivity contribution in [3.8, 4) is 17.3 Å². The molecule has 4 nitrogen and oxygen atoms in total. The number of nitriles is 1. The summed E-state index contributed by atoms with van der Waals surface area (Å²) in [7, 11) is 1.79. The van der Waals surface area contributed by atoms with Gasteiger partial charge >= 0.3 is 0 Å². The number of nitrogens with one attached hydrogen (secondary N) is 1. The third-order valence-corrected chi connectivity index (χ3v) is 3.34. The summed E-state index contributed by atoms with van der Waals surface area (Å²) in [6.07, 6.45) is 2.03. The van der Waals surface area contributed by atoms with Crippen LogP contribution in [0.1, 0.15) is 5.56 Å². The maximum Gasteiger partial charge on any atom is 0.145 e. The van der Waals surface area contributed by atoms with E-state index in [2.05, 4.69) is 10.3 Å². The van der Waals surface area contributed by atoms with E-state index >= 15 is 0 Å². The highest BCUT2D eigenvalue weighted by Crippen LogP contribution is 2.25. The second kappa shape index (κ2) is 5.25. The Kier molecular flexibility index (Phi) is 3.28. The molecule has 0 saturated heterocycles. The fourth-order valence-electron chi connectivity index (χ4n) is 2.32. The molecule has 0 aliphatic heterocycles. The Labute approximate surface area is 121 Å². The van der Waals surface area contributed by atoms with E-state index in [9.17, 15) is 4.39 Å². The van der Waals surface area contributed by atoms with E-state index in [0.29, 0.717) is 11.1 Å². The summed E-state index contributed by atoms with van der Waals surface area (Å²) >= 11 is 0. The molecule has 5 heteroatoms. The summed E-state index contributed by atoms with van der Waals surface area (Å²) in [5.74, 6) is 0.388. The van der Waals surface area contributed by atoms with Gasteiger partial charge in [-0.3, -0.25) is 4.40 Å². The Bertz CT molecular complexity index is 845. The molecule has 0 bridgehead atoms. The molecule has 0 aliphatic rings. The average Bonchev–Trinajstić information content (AvgIpc) is 2.91. The van der Waals surface area contributed by atoms with E-state index in [4.69, 9.17) is 5.26 Å². The van der Waals surface area contributed by atoms with Crippen molar-refractivity contribution in [2.75, 3.05) is 12.4 Å². The number of aromatic nitrogens is 2. The van der Waals surface area contributed by atoms with Crippen LogP contribution >= 0.6 is 0 Å². The van der Waals surface area contributed by atoms with Gasteiger partial charge in [-0.05, 0) is 29.8 Å². The van der Waals surface area contributed by atoms with Crippen LogP contribution in [0.4, 0.5) is 10.2 Å². The first-order valence-corrected chi connectivity index (χ1v) is 6.54. The van der Waals surface area contributed by atoms with Crippen molar-refractivity contribution >= 4 is 11.5 Å². The number of hydrogen-bond acceptors (Lipinski definition) is 3. The van der Waals surface area contributed by atoms with Crippen molar-refractivity contribution in [1.82, 2.24) is 9.38 Å². The number of fused-ring (bicyclic) bond motifs is 1. The third kappa shape index (κ3) is 2.32. The maximum atomic E-state index is 14.3. The zero-order chi connectivity index (χ0) is 14.8. The van der Waals surface area contributed by atoms with Gasteiger partial charge in [-0.1, -0.05) is 12.1 Å². The van der Waals surface area contributed by atoms with Crippen molar-refractivity contribution in [1.29, 1.82) is 5.26 Å². The molecule has 104 valence electrons. The first-order valence-electron chi connectivity index (χ1n) is 6.54. The Morgan fingerprint density at radius 3 is 2.90 bits per heavy atom. The largest absolute Gasteiger partial charge is 0.372 e. The highest BCUT2D eigenvalue weighted by molar-refractivity contribution is 5.66. The standard InChI is InChI=1S/C16H13FN4/c1-19-15-10-21-14(3-2-4-16(21)20-15)12-6-5-11(7-8-18)9-13(12)17/h2-6,9-10,19H,7H2,1H3. The molecule has 1 N–H and O–H groups in total. The number of imidazole rings is 1. The summed E-state index contributed by atoms with van der Waals surface area (Å²) in [5.41, 5.74) is 2.63. The van der Waals surface area contributed by atoms with E-state index in [1.165, 1.54) is 6.07 Å². The minimum Gasteiger partial charge on any atom is -0.372 e. The van der Waals surface area contributed by atoms with Gasteiger partial charge in [0.2, 0.25) is 0 Å². The molecule has 0 fully saturated rings. The minimum atomic E-state index is -0.338. The number of nitrogens with zero attached hydrogens (tertiary/aromatic N) is 3. The Hall–Kier alpha value is -2.87. The maximum absolute atomic E-state index is 14.3. The van der Waals surface area contributed by atoms with E-state index in [1.807, 2.05) is 34.9 Å². The lowest BCUT2D eigenvalue weighted by molar-refractivity contribution is 0.629. The monoisotopic (exact) mass is 280 g/mol. The SMILES string of the molecule is CNc1cn2c(-c3ccc(CC#N)cc3F)cccc2n1. The molecular weight excluding hydrogens is 267 g/mol. The van der Waals surface area contributed by atoms with Crippen LogP contribution in [0.25, 0.3) is 16.9 Å². The quantitative estimate of drug-likeness (QED) is 0.801. The summed E-state index contributed by atoms with van der Waals surface area (Å²) < 4.78 is 16.2. The highest BCUT2D eigenvalue weighted by atomic mass is 19.1. The van der Waals surface area contributed by atoms with Crippen LogP contribution in [0.15, 0.2) is 42.6 Å². The lowest BCUT2D eigenvalue weighted by Gasteiger charge is -2.07. The van der Waals surface area contributed by atoms with E-state index in [0.717, 1.165) is 17.2 Å². The zero-order valence-electron chi connectivity index (χ0n) is 11.5. The van der Waals surface area contributed by atoms with Gasteiger partial charge in [0.25, 0.3) is 0 Å². The fraction of sp³-hybridized carbons (Fsp3) is 0.125. The van der Waals surface area contributed by atoms with Crippen LogP contribution in [0, 0.1) is 17.1 Å². The highest BCUT2D eigenvalue weighted by Gasteiger charge is 2.11. The summed E-state index contributed by atoms with van der Waals surface area (Å²) in [4.78, 5) is 4.38. The van der Waals surface area contributed by atoms with Crippen molar-refractivity contribution < 1.29 is 4.39 Å². The van der Waals surface area contributed by atoms with Crippen LogP contribution in [-0.2, 0) is 6.42 Å². The van der Waals surface area contributed by atoms with Crippen molar-refractivity contribution in [2.45, 2.75) is 6.42 Å². The minimum absolute atomic E-state index is 0.205. The zero-order valence-corrected chi connectivity index (χ0v) is 11.5. The second-order valence-corrected chi connectivity index (χ2v) is 4.66. The molecule has 2 aromatic heterocycles. The van der Waals surface area contributed by atoms with Crippen molar-refractivity contribution in [3.63, 3.8) is 0 Å². The van der Waals surface area contributed by atoms with E-state index in [-0.39, 0.29) is 12.2 Å². The number of rotatable bonds is 3. The molecule has 0 amide bonds. The lowest BCUT2D eigenvalue weighted by Crippen LogP contribution is -1.94. The first kappa shape index (κ1) is 13.1. The number of hydrogen-bond donors (Lipinski definition) is 1. The van der Waals surface area contributed by atoms with Gasteiger partial charge in [0.1, 0.15) is 17.3 Å². The number of benzene rings is 1. The normalized spacial score (nSPS) is 10.5. The van der Waals surface area contributed by atoms with Crippen LogP contribution in [0.3, 0.4) is 0 Å². The Morgan fingerprint density at radius 1 is 1.33 bits per heavy atom. The van der Waals surface area contributed by atoms with E-state index < -0.39 is 0 Å². The average molecular weight is 280 g/mol. The van der Waals surface area contributed by atoms with Gasteiger partial charge in [0, 0.05) is 12.6 Å². The van der Waals surface area contributed by atoms with Gasteiger partial charge < -0.3 is 5.32 Å². The number of halogens is 1. The van der Waals surface area contributed by atoms with Gasteiger partial charge in [0.05, 0.1) is 24.4 Å². The molecule has 21 heavy (non-hydrogen) atoms. The molecule has 0 spiro atoms. The summed E-state index contributed by atoms with van der Waals surface area (Å²) in [6, 6.07) is 12.5. The van der Waals surface area contributed by atoms with Crippen LogP contribution in [0.2, 0.25) is 0 Å². The summed E-state index contributed by atoms with van der Waals surface area (Å²) in [5, 5.41) is 11.7. The molecule has 2 heterocycles. The van der Waals surface area contributed by atoms with Crippen LogP contribution in [-0.4, -0.2) is 16.4 Å². The molecular formula is C16H13FN4. The molecule has 0 aliphatic carbocycles. The van der Waals surface area contributed by atoms with E-state index in [1.54, 1.807) is 19.2 Å². The second-order valence-electron chi connectivity index (χ2n) is 4.66. The first-order chi connectivity index (χ1) is 10.2. The lowest BCUT2D eigenvalue weighted by atomic mass is 10.1. The predicted molar refractivity (Wildman–Crippen MR) is 79.4 cm³/mol. The molecule has 3 aromatic rings.